The van der Waals surface area contributed by atoms with Gasteiger partial charge in [0.15, 0.2) is 0 Å². The van der Waals surface area contributed by atoms with Gasteiger partial charge < -0.3 is 14.7 Å². The number of hydrogen-bond donors (Lipinski definition) is 1. The molecule has 0 unspecified atom stereocenters. The standard InChI is InChI=1S/C27H42N2O5/c1-24(2)14-20(15-25(3,4)28(24)9)33-22(30)18-10-12-19(13-11-18)23(31)34-21-16-26(5,6)29(32)27(7,8)17-21/h10-13,20-21,32H,14-17H2,1-9H3. The molecule has 190 valence electrons. The Morgan fingerprint density at radius 2 is 1.00 bits per heavy atom. The zero-order chi connectivity index (χ0) is 25.7. The second-order valence-corrected chi connectivity index (χ2v) is 12.6. The van der Waals surface area contributed by atoms with E-state index in [4.69, 9.17) is 9.47 Å². The number of carbonyl (C=O) groups is 2. The van der Waals surface area contributed by atoms with E-state index in [0.29, 0.717) is 24.0 Å². The van der Waals surface area contributed by atoms with Crippen molar-refractivity contribution in [2.45, 2.75) is 115 Å². The van der Waals surface area contributed by atoms with Gasteiger partial charge in [-0.3, -0.25) is 4.90 Å². The first-order valence-electron chi connectivity index (χ1n) is 12.2. The van der Waals surface area contributed by atoms with Crippen LogP contribution in [-0.4, -0.2) is 68.5 Å². The molecule has 1 aromatic rings. The van der Waals surface area contributed by atoms with Gasteiger partial charge in [-0.1, -0.05) is 0 Å². The van der Waals surface area contributed by atoms with Gasteiger partial charge in [0.2, 0.25) is 0 Å². The first-order chi connectivity index (χ1) is 15.4. The summed E-state index contributed by atoms with van der Waals surface area (Å²) in [6.45, 7) is 16.4. The Morgan fingerprint density at radius 1 is 0.706 bits per heavy atom. The number of likely N-dealkylation sites (tertiary alicyclic amines) is 1. The van der Waals surface area contributed by atoms with Crippen molar-refractivity contribution < 1.29 is 24.3 Å². The molecule has 0 radical (unpaired) electrons. The maximum absolute atomic E-state index is 12.8. The number of rotatable bonds is 4. The van der Waals surface area contributed by atoms with Crippen LogP contribution in [0.4, 0.5) is 0 Å². The molecule has 2 fully saturated rings. The first-order valence-corrected chi connectivity index (χ1v) is 12.2. The summed E-state index contributed by atoms with van der Waals surface area (Å²) in [5, 5.41) is 11.8. The predicted molar refractivity (Wildman–Crippen MR) is 131 cm³/mol. The number of carbonyl (C=O) groups excluding carboxylic acids is 2. The fourth-order valence-electron chi connectivity index (χ4n) is 5.81. The number of benzene rings is 1. The summed E-state index contributed by atoms with van der Waals surface area (Å²) in [5.74, 6) is -0.804. The molecule has 1 N–H and O–H groups in total. The molecular weight excluding hydrogens is 432 g/mol. The highest BCUT2D eigenvalue weighted by atomic mass is 16.6. The van der Waals surface area contributed by atoms with E-state index in [0.717, 1.165) is 12.8 Å². The number of hydrogen-bond acceptors (Lipinski definition) is 7. The summed E-state index contributed by atoms with van der Waals surface area (Å²) in [4.78, 5) is 27.9. The van der Waals surface area contributed by atoms with Gasteiger partial charge in [0.25, 0.3) is 0 Å². The number of hydroxylamine groups is 2. The number of piperidine rings is 2. The Balaban J connectivity index is 1.62. The van der Waals surface area contributed by atoms with Gasteiger partial charge in [0.1, 0.15) is 12.2 Å². The Hall–Kier alpha value is -1.96. The maximum atomic E-state index is 12.8. The summed E-state index contributed by atoms with van der Waals surface area (Å²) in [5.41, 5.74) is -0.345. The van der Waals surface area contributed by atoms with E-state index in [2.05, 4.69) is 39.6 Å². The summed E-state index contributed by atoms with van der Waals surface area (Å²) >= 11 is 0. The van der Waals surface area contributed by atoms with Gasteiger partial charge in [0, 0.05) is 47.8 Å². The van der Waals surface area contributed by atoms with Crippen LogP contribution in [0.2, 0.25) is 0 Å². The van der Waals surface area contributed by atoms with Crippen molar-refractivity contribution in [1.29, 1.82) is 0 Å². The second kappa shape index (κ2) is 8.92. The Kier molecular flexibility index (Phi) is 6.99. The van der Waals surface area contributed by atoms with Crippen LogP contribution in [0.3, 0.4) is 0 Å². The monoisotopic (exact) mass is 474 g/mol. The van der Waals surface area contributed by atoms with Crippen molar-refractivity contribution >= 4 is 11.9 Å². The van der Waals surface area contributed by atoms with Crippen molar-refractivity contribution in [2.75, 3.05) is 7.05 Å². The average Bonchev–Trinajstić information content (AvgIpc) is 2.69. The predicted octanol–water partition coefficient (Wildman–Crippen LogP) is 5.06. The Morgan fingerprint density at radius 3 is 1.32 bits per heavy atom. The molecule has 34 heavy (non-hydrogen) atoms. The van der Waals surface area contributed by atoms with E-state index in [1.165, 1.54) is 5.06 Å². The Labute approximate surface area is 204 Å². The fourth-order valence-corrected chi connectivity index (χ4v) is 5.81. The minimum atomic E-state index is -0.503. The van der Waals surface area contributed by atoms with Gasteiger partial charge in [0.05, 0.1) is 11.1 Å². The highest BCUT2D eigenvalue weighted by Crippen LogP contribution is 2.39. The number of esters is 2. The summed E-state index contributed by atoms with van der Waals surface area (Å²) in [6.07, 6.45) is 2.13. The van der Waals surface area contributed by atoms with Gasteiger partial charge in [-0.15, -0.1) is 0 Å². The van der Waals surface area contributed by atoms with Crippen LogP contribution in [0.25, 0.3) is 0 Å². The molecule has 0 aliphatic carbocycles. The van der Waals surface area contributed by atoms with Gasteiger partial charge in [-0.25, -0.2) is 9.59 Å². The highest BCUT2D eigenvalue weighted by Gasteiger charge is 2.47. The van der Waals surface area contributed by atoms with Gasteiger partial charge in [-0.2, -0.15) is 5.06 Å². The zero-order valence-electron chi connectivity index (χ0n) is 22.3. The minimum Gasteiger partial charge on any atom is -0.459 e. The fraction of sp³-hybridized carbons (Fsp3) is 0.704. The van der Waals surface area contributed by atoms with E-state index in [1.807, 2.05) is 27.7 Å². The van der Waals surface area contributed by atoms with E-state index in [9.17, 15) is 14.8 Å². The lowest BCUT2D eigenvalue weighted by atomic mass is 9.79. The molecule has 1 aromatic carbocycles. The molecule has 7 nitrogen and oxygen atoms in total. The summed E-state index contributed by atoms with van der Waals surface area (Å²) in [6, 6.07) is 6.46. The molecule has 2 heterocycles. The zero-order valence-corrected chi connectivity index (χ0v) is 22.3. The lowest BCUT2D eigenvalue weighted by molar-refractivity contribution is -0.256. The molecule has 0 aromatic heterocycles. The van der Waals surface area contributed by atoms with Crippen molar-refractivity contribution in [3.63, 3.8) is 0 Å². The molecule has 0 saturated carbocycles. The molecular formula is C27H42N2O5. The van der Waals surface area contributed by atoms with E-state index >= 15 is 0 Å². The summed E-state index contributed by atoms with van der Waals surface area (Å²) in [7, 11) is 2.12. The van der Waals surface area contributed by atoms with Crippen LogP contribution in [0, 0.1) is 0 Å². The van der Waals surface area contributed by atoms with Crippen molar-refractivity contribution in [2.24, 2.45) is 0 Å². The smallest absolute Gasteiger partial charge is 0.338 e. The van der Waals surface area contributed by atoms with E-state index in [1.54, 1.807) is 24.3 Å². The van der Waals surface area contributed by atoms with E-state index in [-0.39, 0.29) is 29.3 Å². The molecule has 2 saturated heterocycles. The molecule has 0 amide bonds. The quantitative estimate of drug-likeness (QED) is 0.611. The minimum absolute atomic E-state index is 0.0738. The lowest BCUT2D eigenvalue weighted by Crippen LogP contribution is -2.60. The SMILES string of the molecule is CN1C(C)(C)CC(OC(=O)c2ccc(C(=O)OC3CC(C)(C)N(O)C(C)(C)C3)cc2)CC1(C)C. The van der Waals surface area contributed by atoms with Crippen LogP contribution in [0.1, 0.15) is 102 Å². The Bertz CT molecular complexity index is 808. The normalized spacial score (nSPS) is 25.0. The van der Waals surface area contributed by atoms with Crippen LogP contribution < -0.4 is 0 Å². The average molecular weight is 475 g/mol. The van der Waals surface area contributed by atoms with Crippen molar-refractivity contribution in [3.05, 3.63) is 35.4 Å². The molecule has 2 aliphatic rings. The first kappa shape index (κ1) is 26.6. The van der Waals surface area contributed by atoms with Crippen LogP contribution in [-0.2, 0) is 9.47 Å². The van der Waals surface area contributed by atoms with E-state index < -0.39 is 17.0 Å². The molecule has 3 rings (SSSR count). The number of nitrogens with zero attached hydrogens (tertiary/aromatic N) is 2. The third kappa shape index (κ3) is 5.47. The highest BCUT2D eigenvalue weighted by molar-refractivity contribution is 5.93. The summed E-state index contributed by atoms with van der Waals surface area (Å²) < 4.78 is 11.6. The third-order valence-corrected chi connectivity index (χ3v) is 7.78. The lowest BCUT2D eigenvalue weighted by Gasteiger charge is -2.53. The van der Waals surface area contributed by atoms with Gasteiger partial charge in [-0.05, 0) is 86.7 Å². The molecule has 2 aliphatic heterocycles. The van der Waals surface area contributed by atoms with Crippen LogP contribution in [0.15, 0.2) is 24.3 Å². The third-order valence-electron chi connectivity index (χ3n) is 7.78. The molecule has 0 spiro atoms. The maximum Gasteiger partial charge on any atom is 0.338 e. The van der Waals surface area contributed by atoms with Crippen LogP contribution in [0.5, 0.6) is 0 Å². The number of ether oxygens (including phenoxy) is 2. The molecule has 7 heteroatoms. The van der Waals surface area contributed by atoms with Crippen LogP contribution >= 0.6 is 0 Å². The largest absolute Gasteiger partial charge is 0.459 e. The van der Waals surface area contributed by atoms with Crippen molar-refractivity contribution in [1.82, 2.24) is 9.96 Å². The van der Waals surface area contributed by atoms with Crippen molar-refractivity contribution in [3.8, 4) is 0 Å². The van der Waals surface area contributed by atoms with Gasteiger partial charge >= 0.3 is 11.9 Å². The topological polar surface area (TPSA) is 79.3 Å². The molecule has 0 atom stereocenters. The second-order valence-electron chi connectivity index (χ2n) is 12.6. The molecule has 0 bridgehead atoms.